The molecular formula is C6H12N2O. The van der Waals surface area contributed by atoms with Gasteiger partial charge in [-0.15, -0.1) is 0 Å². The van der Waals surface area contributed by atoms with E-state index in [1.54, 1.807) is 0 Å². The molecule has 9 heavy (non-hydrogen) atoms. The number of ether oxygens (including phenoxy) is 1. The van der Waals surface area contributed by atoms with Crippen molar-refractivity contribution in [2.75, 3.05) is 26.2 Å². The van der Waals surface area contributed by atoms with Crippen LogP contribution in [0.5, 0.6) is 0 Å². The quantitative estimate of drug-likeness (QED) is 0.480. The monoisotopic (exact) mass is 128 g/mol. The highest BCUT2D eigenvalue weighted by Gasteiger charge is 2.26. The third-order valence-electron chi connectivity index (χ3n) is 1.93. The second-order valence-corrected chi connectivity index (χ2v) is 2.57. The Balaban J connectivity index is 1.97. The predicted octanol–water partition coefficient (Wildman–Crippen LogP) is -0.405. The van der Waals surface area contributed by atoms with Crippen molar-refractivity contribution in [2.24, 2.45) is 0 Å². The fourth-order valence-corrected chi connectivity index (χ4v) is 1.43. The lowest BCUT2D eigenvalue weighted by atomic mass is 10.3. The summed E-state index contributed by atoms with van der Waals surface area (Å²) < 4.78 is 5.37. The van der Waals surface area contributed by atoms with Crippen molar-refractivity contribution in [3.63, 3.8) is 0 Å². The first kappa shape index (κ1) is 5.65. The minimum atomic E-state index is 0.249. The first-order valence-electron chi connectivity index (χ1n) is 3.56. The Bertz CT molecular complexity index is 95.2. The lowest BCUT2D eigenvalue weighted by Gasteiger charge is -2.28. The van der Waals surface area contributed by atoms with E-state index in [2.05, 4.69) is 10.2 Å². The Morgan fingerprint density at radius 2 is 2.44 bits per heavy atom. The highest BCUT2D eigenvalue weighted by molar-refractivity contribution is 4.72. The van der Waals surface area contributed by atoms with Crippen LogP contribution < -0.4 is 5.32 Å². The van der Waals surface area contributed by atoms with Crippen LogP contribution in [0.1, 0.15) is 6.42 Å². The molecule has 3 heteroatoms. The van der Waals surface area contributed by atoms with Crippen molar-refractivity contribution in [1.82, 2.24) is 10.2 Å². The van der Waals surface area contributed by atoms with Crippen LogP contribution in [-0.4, -0.2) is 37.5 Å². The van der Waals surface area contributed by atoms with Crippen LogP contribution in [0, 0.1) is 0 Å². The third kappa shape index (κ3) is 0.956. The van der Waals surface area contributed by atoms with E-state index in [-0.39, 0.29) is 6.35 Å². The number of hydrogen-bond donors (Lipinski definition) is 1. The largest absolute Gasteiger partial charge is 0.348 e. The maximum absolute atomic E-state index is 5.37. The number of hydrogen-bond acceptors (Lipinski definition) is 3. The predicted molar refractivity (Wildman–Crippen MR) is 33.9 cm³/mol. The summed E-state index contributed by atoms with van der Waals surface area (Å²) in [4.78, 5) is 2.34. The second kappa shape index (κ2) is 2.25. The summed E-state index contributed by atoms with van der Waals surface area (Å²) in [6.45, 7) is 4.33. The molecule has 2 saturated heterocycles. The molecule has 0 spiro atoms. The first-order valence-corrected chi connectivity index (χ1v) is 3.56. The molecule has 1 N–H and O–H groups in total. The Morgan fingerprint density at radius 1 is 1.44 bits per heavy atom. The molecule has 52 valence electrons. The zero-order valence-corrected chi connectivity index (χ0v) is 5.47. The standard InChI is InChI=1S/C6H12N2O/c1-2-7-6-8(3-1)4-5-9-6/h6-7H,1-5H2. The molecule has 0 amide bonds. The summed E-state index contributed by atoms with van der Waals surface area (Å²) in [6, 6.07) is 0. The van der Waals surface area contributed by atoms with Gasteiger partial charge in [-0.05, 0) is 13.0 Å². The van der Waals surface area contributed by atoms with Gasteiger partial charge in [0.2, 0.25) is 0 Å². The van der Waals surface area contributed by atoms with Crippen LogP contribution in [0.4, 0.5) is 0 Å². The van der Waals surface area contributed by atoms with Gasteiger partial charge in [-0.3, -0.25) is 10.2 Å². The molecular weight excluding hydrogens is 116 g/mol. The zero-order valence-electron chi connectivity index (χ0n) is 5.47. The second-order valence-electron chi connectivity index (χ2n) is 2.57. The molecule has 0 aromatic rings. The van der Waals surface area contributed by atoms with E-state index < -0.39 is 0 Å². The summed E-state index contributed by atoms with van der Waals surface area (Å²) >= 11 is 0. The highest BCUT2D eigenvalue weighted by atomic mass is 16.5. The molecule has 0 saturated carbocycles. The zero-order chi connectivity index (χ0) is 6.10. The highest BCUT2D eigenvalue weighted by Crippen LogP contribution is 2.10. The molecule has 0 bridgehead atoms. The van der Waals surface area contributed by atoms with Crippen LogP contribution in [0.15, 0.2) is 0 Å². The van der Waals surface area contributed by atoms with Gasteiger partial charge >= 0.3 is 0 Å². The van der Waals surface area contributed by atoms with Crippen molar-refractivity contribution in [3.05, 3.63) is 0 Å². The summed E-state index contributed by atoms with van der Waals surface area (Å²) in [6.07, 6.45) is 1.51. The molecule has 2 heterocycles. The maximum atomic E-state index is 5.37. The molecule has 2 aliphatic heterocycles. The summed E-state index contributed by atoms with van der Waals surface area (Å²) in [5, 5.41) is 3.28. The van der Waals surface area contributed by atoms with E-state index in [9.17, 15) is 0 Å². The van der Waals surface area contributed by atoms with Gasteiger partial charge in [-0.1, -0.05) is 0 Å². The van der Waals surface area contributed by atoms with Crippen molar-refractivity contribution < 1.29 is 4.74 Å². The van der Waals surface area contributed by atoms with Crippen molar-refractivity contribution in [3.8, 4) is 0 Å². The van der Waals surface area contributed by atoms with E-state index in [4.69, 9.17) is 4.74 Å². The van der Waals surface area contributed by atoms with Crippen molar-refractivity contribution in [2.45, 2.75) is 12.8 Å². The van der Waals surface area contributed by atoms with Gasteiger partial charge in [0.25, 0.3) is 0 Å². The van der Waals surface area contributed by atoms with Gasteiger partial charge in [0.1, 0.15) is 0 Å². The molecule has 0 aromatic heterocycles. The Kier molecular flexibility index (Phi) is 1.41. The Labute approximate surface area is 55.0 Å². The van der Waals surface area contributed by atoms with Crippen LogP contribution in [0.2, 0.25) is 0 Å². The fraction of sp³-hybridized carbons (Fsp3) is 1.00. The molecule has 0 radical (unpaired) electrons. The van der Waals surface area contributed by atoms with Crippen LogP contribution >= 0.6 is 0 Å². The van der Waals surface area contributed by atoms with Crippen LogP contribution in [0.3, 0.4) is 0 Å². The fourth-order valence-electron chi connectivity index (χ4n) is 1.43. The number of nitrogens with one attached hydrogen (secondary N) is 1. The average Bonchev–Trinajstić information content (AvgIpc) is 2.33. The SMILES string of the molecule is C1CNC2OCCN2C1. The Hall–Kier alpha value is -0.120. The van der Waals surface area contributed by atoms with Crippen LogP contribution in [-0.2, 0) is 4.74 Å². The molecule has 0 aliphatic carbocycles. The van der Waals surface area contributed by atoms with Gasteiger partial charge < -0.3 is 4.74 Å². The molecule has 2 rings (SSSR count). The van der Waals surface area contributed by atoms with Gasteiger partial charge in [-0.2, -0.15) is 0 Å². The third-order valence-corrected chi connectivity index (χ3v) is 1.93. The van der Waals surface area contributed by atoms with Gasteiger partial charge in [0.05, 0.1) is 6.61 Å². The Morgan fingerprint density at radius 3 is 3.33 bits per heavy atom. The smallest absolute Gasteiger partial charge is 0.166 e. The molecule has 2 aliphatic rings. The van der Waals surface area contributed by atoms with Gasteiger partial charge in [0.15, 0.2) is 6.35 Å². The van der Waals surface area contributed by atoms with E-state index in [0.29, 0.717) is 0 Å². The topological polar surface area (TPSA) is 24.5 Å². The molecule has 3 nitrogen and oxygen atoms in total. The lowest BCUT2D eigenvalue weighted by Crippen LogP contribution is -2.47. The molecule has 2 fully saturated rings. The number of fused-ring (bicyclic) bond motifs is 1. The molecule has 1 atom stereocenters. The average molecular weight is 128 g/mol. The normalized spacial score (nSPS) is 36.7. The first-order chi connectivity index (χ1) is 4.47. The van der Waals surface area contributed by atoms with Crippen molar-refractivity contribution >= 4 is 0 Å². The number of nitrogens with zero attached hydrogens (tertiary/aromatic N) is 1. The van der Waals surface area contributed by atoms with E-state index in [1.807, 2.05) is 0 Å². The number of rotatable bonds is 0. The molecule has 1 unspecified atom stereocenters. The van der Waals surface area contributed by atoms with Gasteiger partial charge in [0, 0.05) is 13.1 Å². The van der Waals surface area contributed by atoms with E-state index >= 15 is 0 Å². The summed E-state index contributed by atoms with van der Waals surface area (Å²) in [5.74, 6) is 0. The minimum absolute atomic E-state index is 0.249. The lowest BCUT2D eigenvalue weighted by molar-refractivity contribution is -0.00996. The summed E-state index contributed by atoms with van der Waals surface area (Å²) in [5.41, 5.74) is 0. The summed E-state index contributed by atoms with van der Waals surface area (Å²) in [7, 11) is 0. The van der Waals surface area contributed by atoms with E-state index in [0.717, 1.165) is 19.7 Å². The van der Waals surface area contributed by atoms with E-state index in [1.165, 1.54) is 13.0 Å². The van der Waals surface area contributed by atoms with Crippen molar-refractivity contribution in [1.29, 1.82) is 0 Å². The van der Waals surface area contributed by atoms with Crippen LogP contribution in [0.25, 0.3) is 0 Å². The minimum Gasteiger partial charge on any atom is -0.348 e. The van der Waals surface area contributed by atoms with Gasteiger partial charge in [-0.25, -0.2) is 0 Å². The maximum Gasteiger partial charge on any atom is 0.166 e. The molecule has 0 aromatic carbocycles.